The van der Waals surface area contributed by atoms with Gasteiger partial charge in [-0.2, -0.15) is 4.98 Å². The minimum atomic E-state index is -0.460. The van der Waals surface area contributed by atoms with Crippen molar-refractivity contribution in [1.29, 1.82) is 0 Å². The van der Waals surface area contributed by atoms with E-state index in [4.69, 9.17) is 27.9 Å². The van der Waals surface area contributed by atoms with Crippen LogP contribution in [0.5, 0.6) is 5.75 Å². The van der Waals surface area contributed by atoms with Crippen molar-refractivity contribution in [2.75, 3.05) is 13.2 Å². The van der Waals surface area contributed by atoms with E-state index in [1.165, 1.54) is 0 Å². The fraction of sp³-hybridized carbons (Fsp3) is 0.577. The number of halogens is 2. The van der Waals surface area contributed by atoms with Crippen molar-refractivity contribution in [3.63, 3.8) is 0 Å². The van der Waals surface area contributed by atoms with Crippen LogP contribution in [-0.2, 0) is 18.4 Å². The Balaban J connectivity index is 1.80. The van der Waals surface area contributed by atoms with Gasteiger partial charge in [-0.1, -0.05) is 55.5 Å². The minimum absolute atomic E-state index is 0.0360. The summed E-state index contributed by atoms with van der Waals surface area (Å²) in [5, 5.41) is 1.05. The number of hydrogen-bond acceptors (Lipinski definition) is 4. The molecule has 1 amide bonds. The van der Waals surface area contributed by atoms with Crippen molar-refractivity contribution < 1.29 is 9.53 Å². The van der Waals surface area contributed by atoms with Crippen molar-refractivity contribution in [2.24, 2.45) is 0 Å². The Morgan fingerprint density at radius 2 is 1.85 bits per heavy atom. The van der Waals surface area contributed by atoms with Crippen LogP contribution >= 0.6 is 23.2 Å². The molecule has 1 aliphatic heterocycles. The van der Waals surface area contributed by atoms with E-state index in [1.807, 2.05) is 36.6 Å². The molecule has 0 saturated heterocycles. The molecular formula is C26H33Cl2N3O3. The summed E-state index contributed by atoms with van der Waals surface area (Å²) in [6.07, 6.45) is 6.44. The largest absolute Gasteiger partial charge is 0.486 e. The average molecular weight is 506 g/mol. The Hall–Kier alpha value is -2.05. The van der Waals surface area contributed by atoms with Crippen LogP contribution in [0, 0.1) is 0 Å². The third-order valence-electron chi connectivity index (χ3n) is 7.21. The van der Waals surface area contributed by atoms with E-state index in [9.17, 15) is 9.59 Å². The quantitative estimate of drug-likeness (QED) is 0.435. The Morgan fingerprint density at radius 3 is 2.50 bits per heavy atom. The van der Waals surface area contributed by atoms with E-state index < -0.39 is 5.56 Å². The second-order valence-electron chi connectivity index (χ2n) is 9.75. The smallest absolute Gasteiger partial charge is 0.316 e. The first-order valence-corrected chi connectivity index (χ1v) is 13.1. The van der Waals surface area contributed by atoms with Gasteiger partial charge < -0.3 is 14.2 Å². The maximum atomic E-state index is 13.5. The molecule has 1 saturated carbocycles. The Bertz CT molecular complexity index is 1120. The molecule has 4 rings (SSSR count). The zero-order valence-electron chi connectivity index (χ0n) is 20.2. The summed E-state index contributed by atoms with van der Waals surface area (Å²) in [5.41, 5.74) is 0.793. The molecule has 2 aliphatic rings. The number of rotatable bonds is 8. The van der Waals surface area contributed by atoms with Gasteiger partial charge in [0.25, 0.3) is 5.91 Å². The van der Waals surface area contributed by atoms with Gasteiger partial charge in [-0.05, 0) is 50.8 Å². The lowest BCUT2D eigenvalue weighted by Gasteiger charge is -2.36. The summed E-state index contributed by atoms with van der Waals surface area (Å²) in [4.78, 5) is 33.0. The number of unbranched alkanes of at least 4 members (excludes halogenated alkanes) is 1. The van der Waals surface area contributed by atoms with Crippen LogP contribution in [0.4, 0.5) is 0 Å². The van der Waals surface area contributed by atoms with Crippen molar-refractivity contribution in [3.8, 4) is 5.75 Å². The molecule has 1 aromatic carbocycles. The number of hydrogen-bond donors (Lipinski definition) is 0. The lowest BCUT2D eigenvalue weighted by molar-refractivity contribution is 0.0634. The molecule has 2 aromatic rings. The first kappa shape index (κ1) is 25.1. The molecule has 1 aromatic heterocycles. The summed E-state index contributed by atoms with van der Waals surface area (Å²) < 4.78 is 7.79. The molecule has 0 radical (unpaired) electrons. The standard InChI is InChI=1S/C26H33Cl2N3O3/c1-4-5-14-34-23-22-25(33)30(17(2)3)12-13-31(22)21(29-24(23)32)16-26(10-6-7-11-26)18-8-9-19(27)20(28)15-18/h8-9,15,17H,4-7,10-14,16H2,1-3H3. The van der Waals surface area contributed by atoms with Gasteiger partial charge in [0.05, 0.1) is 16.7 Å². The van der Waals surface area contributed by atoms with Gasteiger partial charge in [0, 0.05) is 31.0 Å². The number of nitrogens with zero attached hydrogens (tertiary/aromatic N) is 3. The summed E-state index contributed by atoms with van der Waals surface area (Å²) in [5.74, 6) is 0.568. The van der Waals surface area contributed by atoms with Gasteiger partial charge in [0.1, 0.15) is 5.82 Å². The molecule has 0 unspecified atom stereocenters. The van der Waals surface area contributed by atoms with Crippen LogP contribution in [0.25, 0.3) is 0 Å². The van der Waals surface area contributed by atoms with Gasteiger partial charge in [-0.15, -0.1) is 0 Å². The van der Waals surface area contributed by atoms with Gasteiger partial charge in [0.15, 0.2) is 5.69 Å². The van der Waals surface area contributed by atoms with Crippen LogP contribution in [0.2, 0.25) is 10.0 Å². The van der Waals surface area contributed by atoms with Gasteiger partial charge in [-0.3, -0.25) is 9.59 Å². The first-order chi connectivity index (χ1) is 16.3. The lowest BCUT2D eigenvalue weighted by atomic mass is 9.75. The van der Waals surface area contributed by atoms with Crippen LogP contribution in [0.1, 0.15) is 81.2 Å². The molecule has 34 heavy (non-hydrogen) atoms. The molecule has 8 heteroatoms. The fourth-order valence-corrected chi connectivity index (χ4v) is 5.60. The zero-order chi connectivity index (χ0) is 24.5. The highest BCUT2D eigenvalue weighted by Gasteiger charge is 2.40. The summed E-state index contributed by atoms with van der Waals surface area (Å²) in [7, 11) is 0. The average Bonchev–Trinajstić information content (AvgIpc) is 3.27. The topological polar surface area (TPSA) is 64.4 Å². The van der Waals surface area contributed by atoms with Gasteiger partial charge in [-0.25, -0.2) is 0 Å². The molecule has 2 heterocycles. The fourth-order valence-electron chi connectivity index (χ4n) is 5.30. The van der Waals surface area contributed by atoms with Crippen LogP contribution < -0.4 is 10.3 Å². The van der Waals surface area contributed by atoms with E-state index >= 15 is 0 Å². The summed E-state index contributed by atoms with van der Waals surface area (Å²) in [6, 6.07) is 5.85. The summed E-state index contributed by atoms with van der Waals surface area (Å²) in [6.45, 7) is 7.59. The SMILES string of the molecule is CCCCOc1c2n(c(CC3(c4ccc(Cl)c(Cl)c4)CCCC3)nc1=O)CCN(C(C)C)C2=O. The Kier molecular flexibility index (Phi) is 7.58. The number of carbonyl (C=O) groups is 1. The molecule has 1 aliphatic carbocycles. The molecule has 0 N–H and O–H groups in total. The number of aromatic nitrogens is 2. The molecule has 0 atom stereocenters. The summed E-state index contributed by atoms with van der Waals surface area (Å²) >= 11 is 12.6. The molecular weight excluding hydrogens is 473 g/mol. The maximum Gasteiger partial charge on any atom is 0.316 e. The number of carbonyl (C=O) groups excluding carboxylic acids is 1. The number of benzene rings is 1. The molecule has 0 bridgehead atoms. The zero-order valence-corrected chi connectivity index (χ0v) is 21.7. The highest BCUT2D eigenvalue weighted by molar-refractivity contribution is 6.42. The van der Waals surface area contributed by atoms with Crippen molar-refractivity contribution in [3.05, 3.63) is 55.7 Å². The third kappa shape index (κ3) is 4.72. The number of ether oxygens (including phenoxy) is 1. The second kappa shape index (κ2) is 10.3. The first-order valence-electron chi connectivity index (χ1n) is 12.3. The van der Waals surface area contributed by atoms with E-state index in [1.54, 1.807) is 4.90 Å². The third-order valence-corrected chi connectivity index (χ3v) is 7.95. The number of fused-ring (bicyclic) bond motifs is 1. The van der Waals surface area contributed by atoms with Crippen LogP contribution in [0.15, 0.2) is 23.0 Å². The van der Waals surface area contributed by atoms with Gasteiger partial charge >= 0.3 is 5.56 Å². The van der Waals surface area contributed by atoms with Crippen molar-refractivity contribution >= 4 is 29.1 Å². The highest BCUT2D eigenvalue weighted by atomic mass is 35.5. The number of amides is 1. The minimum Gasteiger partial charge on any atom is -0.486 e. The van der Waals surface area contributed by atoms with E-state index in [0.717, 1.165) is 44.1 Å². The van der Waals surface area contributed by atoms with Gasteiger partial charge in [0.2, 0.25) is 5.75 Å². The van der Waals surface area contributed by atoms with Crippen molar-refractivity contribution in [1.82, 2.24) is 14.5 Å². The van der Waals surface area contributed by atoms with Crippen LogP contribution in [-0.4, -0.2) is 39.6 Å². The van der Waals surface area contributed by atoms with E-state index in [2.05, 4.69) is 11.9 Å². The maximum absolute atomic E-state index is 13.5. The Labute approximate surface area is 211 Å². The second-order valence-corrected chi connectivity index (χ2v) is 10.6. The molecule has 184 valence electrons. The van der Waals surface area contributed by atoms with Crippen molar-refractivity contribution in [2.45, 2.75) is 83.7 Å². The highest BCUT2D eigenvalue weighted by Crippen LogP contribution is 2.45. The normalized spacial score (nSPS) is 17.4. The predicted octanol–water partition coefficient (Wildman–Crippen LogP) is 5.65. The monoisotopic (exact) mass is 505 g/mol. The Morgan fingerprint density at radius 1 is 1.12 bits per heavy atom. The van der Waals surface area contributed by atoms with Crippen LogP contribution in [0.3, 0.4) is 0 Å². The van der Waals surface area contributed by atoms with E-state index in [0.29, 0.717) is 47.7 Å². The predicted molar refractivity (Wildman–Crippen MR) is 135 cm³/mol. The lowest BCUT2D eigenvalue weighted by Crippen LogP contribution is -2.47. The van der Waals surface area contributed by atoms with E-state index in [-0.39, 0.29) is 23.1 Å². The molecule has 1 fully saturated rings. The molecule has 6 nitrogen and oxygen atoms in total. The molecule has 0 spiro atoms.